The first-order valence-corrected chi connectivity index (χ1v) is 9.02. The molecule has 0 radical (unpaired) electrons. The minimum atomic E-state index is -0.646. The van der Waals surface area contributed by atoms with Crippen molar-refractivity contribution in [3.63, 3.8) is 0 Å². The van der Waals surface area contributed by atoms with Gasteiger partial charge >= 0.3 is 0 Å². The van der Waals surface area contributed by atoms with Crippen LogP contribution in [0.1, 0.15) is 43.2 Å². The van der Waals surface area contributed by atoms with E-state index in [2.05, 4.69) is 19.9 Å². The minimum Gasteiger partial charge on any atom is -0.388 e. The summed E-state index contributed by atoms with van der Waals surface area (Å²) >= 11 is 0. The third-order valence-electron chi connectivity index (χ3n) is 5.22. The number of aryl methyl sites for hydroxylation is 1. The van der Waals surface area contributed by atoms with Gasteiger partial charge in [-0.3, -0.25) is 4.90 Å². The van der Waals surface area contributed by atoms with E-state index < -0.39 is 5.60 Å². The average molecular weight is 343 g/mol. The third kappa shape index (κ3) is 3.58. The van der Waals surface area contributed by atoms with E-state index in [0.717, 1.165) is 42.4 Å². The Morgan fingerprint density at radius 2 is 2.20 bits per heavy atom. The number of nitrogens with one attached hydrogen (secondary N) is 1. The van der Waals surface area contributed by atoms with Gasteiger partial charge in [-0.25, -0.2) is 15.0 Å². The molecule has 134 valence electrons. The number of imidazole rings is 1. The molecule has 7 nitrogen and oxygen atoms in total. The van der Waals surface area contributed by atoms with Gasteiger partial charge in [0.25, 0.3) is 0 Å². The molecule has 1 atom stereocenters. The summed E-state index contributed by atoms with van der Waals surface area (Å²) in [6.45, 7) is 4.88. The van der Waals surface area contributed by atoms with Crippen LogP contribution >= 0.6 is 0 Å². The van der Waals surface area contributed by atoms with Gasteiger partial charge in [0.1, 0.15) is 11.5 Å². The Kier molecular flexibility index (Phi) is 4.54. The molecule has 2 aliphatic heterocycles. The van der Waals surface area contributed by atoms with Crippen molar-refractivity contribution in [1.29, 1.82) is 0 Å². The van der Waals surface area contributed by atoms with Gasteiger partial charge in [0.05, 0.1) is 17.3 Å². The van der Waals surface area contributed by atoms with Crippen molar-refractivity contribution in [1.82, 2.24) is 24.8 Å². The van der Waals surface area contributed by atoms with Crippen LogP contribution in [-0.4, -0.2) is 61.8 Å². The van der Waals surface area contributed by atoms with Crippen LogP contribution in [0.5, 0.6) is 0 Å². The molecule has 0 bridgehead atoms. The summed E-state index contributed by atoms with van der Waals surface area (Å²) in [7, 11) is 0. The first-order valence-electron chi connectivity index (χ1n) is 9.02. The number of rotatable bonds is 4. The number of nitrogens with zero attached hydrogens (tertiary/aromatic N) is 4. The highest BCUT2D eigenvalue weighted by Crippen LogP contribution is 2.35. The fraction of sp³-hybridized carbons (Fsp3) is 0.611. The van der Waals surface area contributed by atoms with Crippen molar-refractivity contribution in [2.45, 2.75) is 44.2 Å². The number of aromatic amines is 1. The first-order chi connectivity index (χ1) is 12.1. The van der Waals surface area contributed by atoms with E-state index in [-0.39, 0.29) is 6.04 Å². The summed E-state index contributed by atoms with van der Waals surface area (Å²) in [5.41, 5.74) is 1.20. The molecule has 4 rings (SSSR count). The molecule has 2 aromatic rings. The quantitative estimate of drug-likeness (QED) is 0.881. The van der Waals surface area contributed by atoms with Crippen LogP contribution in [0.4, 0.5) is 0 Å². The summed E-state index contributed by atoms with van der Waals surface area (Å²) in [5, 5.41) is 10.9. The largest absolute Gasteiger partial charge is 0.388 e. The Morgan fingerprint density at radius 1 is 1.36 bits per heavy atom. The second-order valence-electron chi connectivity index (χ2n) is 7.13. The summed E-state index contributed by atoms with van der Waals surface area (Å²) in [6, 6.07) is 2.25. The topological polar surface area (TPSA) is 87.2 Å². The molecule has 2 N–H and O–H groups in total. The predicted octanol–water partition coefficient (Wildman–Crippen LogP) is 1.85. The molecule has 0 unspecified atom stereocenters. The molecule has 4 heterocycles. The molecule has 2 saturated heterocycles. The van der Waals surface area contributed by atoms with Crippen LogP contribution in [0.25, 0.3) is 11.5 Å². The molecule has 0 amide bonds. The fourth-order valence-corrected chi connectivity index (χ4v) is 3.93. The highest BCUT2D eigenvalue weighted by Gasteiger charge is 2.37. The minimum absolute atomic E-state index is 0.224. The van der Waals surface area contributed by atoms with Crippen molar-refractivity contribution in [2.75, 3.05) is 26.3 Å². The zero-order chi connectivity index (χ0) is 17.3. The summed E-state index contributed by atoms with van der Waals surface area (Å²) in [5.74, 6) is 1.51. The SMILES string of the molecule is Cc1nc(-c2ncc[nH]2)cc([C@@H]2CCCN2CC2(O)CCOCC2)n1. The van der Waals surface area contributed by atoms with Gasteiger partial charge in [-0.15, -0.1) is 0 Å². The Bertz CT molecular complexity index is 712. The van der Waals surface area contributed by atoms with Crippen molar-refractivity contribution >= 4 is 0 Å². The molecule has 2 fully saturated rings. The lowest BCUT2D eigenvalue weighted by atomic mass is 9.93. The fourth-order valence-electron chi connectivity index (χ4n) is 3.93. The zero-order valence-electron chi connectivity index (χ0n) is 14.6. The maximum Gasteiger partial charge on any atom is 0.156 e. The number of hydrogen-bond donors (Lipinski definition) is 2. The van der Waals surface area contributed by atoms with Crippen molar-refractivity contribution in [3.8, 4) is 11.5 Å². The molecule has 0 spiro atoms. The number of hydrogen-bond acceptors (Lipinski definition) is 6. The monoisotopic (exact) mass is 343 g/mol. The lowest BCUT2D eigenvalue weighted by molar-refractivity contribution is -0.0817. The maximum absolute atomic E-state index is 10.9. The second-order valence-corrected chi connectivity index (χ2v) is 7.13. The highest BCUT2D eigenvalue weighted by atomic mass is 16.5. The van der Waals surface area contributed by atoms with Gasteiger partial charge in [0, 0.05) is 45.0 Å². The Hall–Kier alpha value is -1.83. The zero-order valence-corrected chi connectivity index (χ0v) is 14.6. The number of H-pyrrole nitrogens is 1. The average Bonchev–Trinajstić information content (AvgIpc) is 3.26. The Balaban J connectivity index is 1.57. The van der Waals surface area contributed by atoms with Gasteiger partial charge in [-0.2, -0.15) is 0 Å². The molecule has 0 aliphatic carbocycles. The van der Waals surface area contributed by atoms with Gasteiger partial charge in [0.15, 0.2) is 5.82 Å². The van der Waals surface area contributed by atoms with Crippen LogP contribution in [0, 0.1) is 6.92 Å². The van der Waals surface area contributed by atoms with Crippen molar-refractivity contribution in [2.24, 2.45) is 0 Å². The summed E-state index contributed by atoms with van der Waals surface area (Å²) in [6.07, 6.45) is 7.12. The van der Waals surface area contributed by atoms with E-state index in [1.165, 1.54) is 0 Å². The van der Waals surface area contributed by atoms with E-state index in [1.54, 1.807) is 12.4 Å². The highest BCUT2D eigenvalue weighted by molar-refractivity contribution is 5.49. The molecular weight excluding hydrogens is 318 g/mol. The lowest BCUT2D eigenvalue weighted by Gasteiger charge is -2.37. The van der Waals surface area contributed by atoms with Crippen LogP contribution in [0.2, 0.25) is 0 Å². The third-order valence-corrected chi connectivity index (χ3v) is 5.22. The molecule has 2 aliphatic rings. The summed E-state index contributed by atoms with van der Waals surface area (Å²) in [4.78, 5) is 19.0. The van der Waals surface area contributed by atoms with Crippen LogP contribution in [-0.2, 0) is 4.74 Å². The molecule has 0 aromatic carbocycles. The smallest absolute Gasteiger partial charge is 0.156 e. The van der Waals surface area contributed by atoms with E-state index in [0.29, 0.717) is 32.6 Å². The van der Waals surface area contributed by atoms with E-state index in [4.69, 9.17) is 9.72 Å². The maximum atomic E-state index is 10.9. The van der Waals surface area contributed by atoms with Gasteiger partial charge in [0.2, 0.25) is 0 Å². The van der Waals surface area contributed by atoms with E-state index in [1.807, 2.05) is 13.0 Å². The van der Waals surface area contributed by atoms with Crippen LogP contribution in [0.15, 0.2) is 18.5 Å². The predicted molar refractivity (Wildman–Crippen MR) is 92.9 cm³/mol. The first kappa shape index (κ1) is 16.6. The van der Waals surface area contributed by atoms with Crippen molar-refractivity contribution in [3.05, 3.63) is 30.0 Å². The van der Waals surface area contributed by atoms with Crippen LogP contribution in [0.3, 0.4) is 0 Å². The summed E-state index contributed by atoms with van der Waals surface area (Å²) < 4.78 is 5.40. The van der Waals surface area contributed by atoms with E-state index >= 15 is 0 Å². The lowest BCUT2D eigenvalue weighted by Crippen LogP contribution is -2.46. The number of ether oxygens (including phenoxy) is 1. The van der Waals surface area contributed by atoms with Crippen LogP contribution < -0.4 is 0 Å². The molecule has 2 aromatic heterocycles. The second kappa shape index (κ2) is 6.82. The number of likely N-dealkylation sites (tertiary alicyclic amines) is 1. The molecule has 25 heavy (non-hydrogen) atoms. The Labute approximate surface area is 147 Å². The van der Waals surface area contributed by atoms with Gasteiger partial charge < -0.3 is 14.8 Å². The number of aliphatic hydroxyl groups is 1. The number of aromatic nitrogens is 4. The van der Waals surface area contributed by atoms with Gasteiger partial charge in [-0.05, 0) is 32.4 Å². The van der Waals surface area contributed by atoms with E-state index in [9.17, 15) is 5.11 Å². The normalized spacial score (nSPS) is 23.8. The molecule has 0 saturated carbocycles. The van der Waals surface area contributed by atoms with Crippen molar-refractivity contribution < 1.29 is 9.84 Å². The Morgan fingerprint density at radius 3 is 2.96 bits per heavy atom. The molecule has 7 heteroatoms. The standard InChI is InChI=1S/C18H25N5O2/c1-13-21-14(11-15(22-13)17-19-6-7-20-17)16-3-2-8-23(16)12-18(24)4-9-25-10-5-18/h6-7,11,16,24H,2-5,8-10,12H2,1H3,(H,19,20)/t16-/m0/s1. The molecular formula is C18H25N5O2. The van der Waals surface area contributed by atoms with Gasteiger partial charge in [-0.1, -0.05) is 0 Å². The number of β-amino-alcohol motifs (C(OH)–C–C–N with tert-alkyl or cyclic N) is 1.